The Morgan fingerprint density at radius 1 is 1.48 bits per heavy atom. The predicted molar refractivity (Wildman–Crippen MR) is 97.8 cm³/mol. The van der Waals surface area contributed by atoms with Crippen LogP contribution in [-0.2, 0) is 28.6 Å². The van der Waals surface area contributed by atoms with E-state index < -0.39 is 39.5 Å². The number of halogens is 1. The van der Waals surface area contributed by atoms with Crippen molar-refractivity contribution < 1.29 is 28.6 Å². The summed E-state index contributed by atoms with van der Waals surface area (Å²) in [6.45, 7) is 7.50. The zero-order valence-electron chi connectivity index (χ0n) is 15.2. The third-order valence-corrected chi connectivity index (χ3v) is 6.76. The van der Waals surface area contributed by atoms with Crippen LogP contribution in [-0.4, -0.2) is 47.3 Å². The summed E-state index contributed by atoms with van der Waals surface area (Å²) in [7, 11) is 1.76. The number of fused-ring (bicyclic) bond motifs is 2. The molecule has 0 aromatic heterocycles. The van der Waals surface area contributed by atoms with Gasteiger partial charge in [-0.15, -0.1) is 0 Å². The Hall–Kier alpha value is -0.900. The number of carbonyl (C=O) groups excluding carboxylic acids is 3. The van der Waals surface area contributed by atoms with Gasteiger partial charge in [0.05, 0.1) is 18.4 Å². The van der Waals surface area contributed by atoms with Crippen LogP contribution in [0.4, 0.5) is 0 Å². The van der Waals surface area contributed by atoms with Gasteiger partial charge in [-0.3, -0.25) is 14.4 Å². The van der Waals surface area contributed by atoms with Gasteiger partial charge < -0.3 is 19.5 Å². The minimum Gasteiger partial charge on any atom is -0.466 e. The van der Waals surface area contributed by atoms with Gasteiger partial charge in [-0.1, -0.05) is 29.5 Å². The van der Waals surface area contributed by atoms with Crippen molar-refractivity contribution in [2.24, 2.45) is 23.7 Å². The van der Waals surface area contributed by atoms with Gasteiger partial charge >= 0.3 is 17.9 Å². The van der Waals surface area contributed by atoms with Crippen LogP contribution in [0.3, 0.4) is 0 Å². The molecular formula is C17H26INO6. The number of alkyl halides is 1. The third kappa shape index (κ3) is 3.79. The molecule has 7 atom stereocenters. The van der Waals surface area contributed by atoms with E-state index in [-0.39, 0.29) is 24.5 Å². The first-order valence-corrected chi connectivity index (χ1v) is 9.67. The van der Waals surface area contributed by atoms with E-state index in [1.165, 1.54) is 0 Å². The first-order chi connectivity index (χ1) is 11.6. The summed E-state index contributed by atoms with van der Waals surface area (Å²) < 4.78 is 15.2. The van der Waals surface area contributed by atoms with Gasteiger partial charge in [-0.25, -0.2) is 0 Å². The third-order valence-electron chi connectivity index (χ3n) is 5.39. The molecule has 1 heterocycles. The highest BCUT2D eigenvalue weighted by Gasteiger charge is 2.59. The maximum atomic E-state index is 12.6. The van der Waals surface area contributed by atoms with Crippen LogP contribution in [0.25, 0.3) is 0 Å². The number of cyclic esters (lactones) is 1. The lowest BCUT2D eigenvalue weighted by Crippen LogP contribution is -2.51. The molecule has 0 spiro atoms. The van der Waals surface area contributed by atoms with Crippen molar-refractivity contribution >= 4 is 40.5 Å². The lowest BCUT2D eigenvalue weighted by atomic mass is 9.85. The summed E-state index contributed by atoms with van der Waals surface area (Å²) >= 11 is 2.03. The average molecular weight is 467 g/mol. The zero-order valence-corrected chi connectivity index (χ0v) is 17.4. The van der Waals surface area contributed by atoms with Gasteiger partial charge in [-0.05, 0) is 40.2 Å². The van der Waals surface area contributed by atoms with Crippen molar-refractivity contribution in [3.63, 3.8) is 0 Å². The molecule has 0 aromatic carbocycles. The molecule has 1 saturated heterocycles. The van der Waals surface area contributed by atoms with Crippen molar-refractivity contribution in [3.8, 4) is 0 Å². The Labute approximate surface area is 161 Å². The van der Waals surface area contributed by atoms with Gasteiger partial charge in [0.15, 0.2) is 0 Å². The smallest absolute Gasteiger partial charge is 0.326 e. The summed E-state index contributed by atoms with van der Waals surface area (Å²) in [5.74, 6) is -2.91. The van der Waals surface area contributed by atoms with E-state index in [4.69, 9.17) is 14.2 Å². The molecule has 8 heteroatoms. The quantitative estimate of drug-likeness (QED) is 0.361. The molecular weight excluding hydrogens is 441 g/mol. The van der Waals surface area contributed by atoms with E-state index in [0.29, 0.717) is 6.42 Å². The number of carbonyl (C=O) groups is 3. The molecule has 1 N–H and O–H groups in total. The number of esters is 3. The monoisotopic (exact) mass is 467 g/mol. The highest BCUT2D eigenvalue weighted by atomic mass is 127. The fraction of sp³-hybridized carbons (Fsp3) is 0.824. The number of hydrogen-bond acceptors (Lipinski definition) is 7. The Balaban J connectivity index is 2.20. The molecule has 7 unspecified atom stereocenters. The lowest BCUT2D eigenvalue weighted by Gasteiger charge is -2.36. The maximum Gasteiger partial charge on any atom is 0.326 e. The lowest BCUT2D eigenvalue weighted by molar-refractivity contribution is -0.218. The van der Waals surface area contributed by atoms with Gasteiger partial charge in [0, 0.05) is 12.0 Å². The van der Waals surface area contributed by atoms with Crippen molar-refractivity contribution in [2.75, 3.05) is 13.7 Å². The molecule has 142 valence electrons. The average Bonchev–Trinajstić information content (AvgIpc) is 2.84. The van der Waals surface area contributed by atoms with E-state index in [9.17, 15) is 14.4 Å². The zero-order chi connectivity index (χ0) is 18.9. The largest absolute Gasteiger partial charge is 0.466 e. The van der Waals surface area contributed by atoms with Gasteiger partial charge in [0.2, 0.25) is 0 Å². The maximum absolute atomic E-state index is 12.6. The van der Waals surface area contributed by atoms with Crippen LogP contribution >= 0.6 is 22.6 Å². The molecule has 7 nitrogen and oxygen atoms in total. The minimum absolute atomic E-state index is 0.0159. The molecule has 2 fully saturated rings. The summed E-state index contributed by atoms with van der Waals surface area (Å²) in [6, 6.07) is -0.143. The van der Waals surface area contributed by atoms with E-state index in [2.05, 4.69) is 5.32 Å². The molecule has 1 saturated carbocycles. The van der Waals surface area contributed by atoms with E-state index in [1.807, 2.05) is 36.4 Å². The fourth-order valence-electron chi connectivity index (χ4n) is 3.62. The highest BCUT2D eigenvalue weighted by Crippen LogP contribution is 2.49. The Morgan fingerprint density at radius 2 is 2.12 bits per heavy atom. The second-order valence-electron chi connectivity index (χ2n) is 6.98. The highest BCUT2D eigenvalue weighted by molar-refractivity contribution is 14.1. The SMILES string of the molecule is CCOC(=O)C1C2CC(C)C1C(=O)OC2OC(=O)C(C)(I)C(C)NC. The van der Waals surface area contributed by atoms with Crippen LogP contribution in [0.1, 0.15) is 34.1 Å². The van der Waals surface area contributed by atoms with Crippen molar-refractivity contribution in [3.05, 3.63) is 0 Å². The van der Waals surface area contributed by atoms with Crippen LogP contribution in [0, 0.1) is 23.7 Å². The molecule has 1 aliphatic heterocycles. The van der Waals surface area contributed by atoms with Crippen molar-refractivity contribution in [2.45, 2.75) is 49.9 Å². The molecule has 2 bridgehead atoms. The normalized spacial score (nSPS) is 34.6. The first kappa shape index (κ1) is 20.4. The molecule has 2 aliphatic rings. The first-order valence-electron chi connectivity index (χ1n) is 8.59. The standard InChI is InChI=1S/C17H26INO6/c1-6-23-13(20)12-10-7-8(2)11(12)14(21)24-15(10)25-16(22)17(4,18)9(3)19-5/h8-12,15,19H,6-7H2,1-5H3. The Morgan fingerprint density at radius 3 is 2.68 bits per heavy atom. The number of rotatable bonds is 6. The van der Waals surface area contributed by atoms with Gasteiger partial charge in [-0.2, -0.15) is 0 Å². The van der Waals surface area contributed by atoms with E-state index in [1.54, 1.807) is 20.9 Å². The van der Waals surface area contributed by atoms with Crippen LogP contribution < -0.4 is 5.32 Å². The minimum atomic E-state index is -1.05. The predicted octanol–water partition coefficient (Wildman–Crippen LogP) is 1.67. The summed E-state index contributed by atoms with van der Waals surface area (Å²) in [6.07, 6.45) is -0.467. The van der Waals surface area contributed by atoms with Crippen LogP contribution in [0.2, 0.25) is 0 Å². The molecule has 1 aliphatic carbocycles. The summed E-state index contributed by atoms with van der Waals surface area (Å²) in [5, 5.41) is 3.03. The summed E-state index contributed by atoms with van der Waals surface area (Å²) in [4.78, 5) is 37.4. The van der Waals surface area contributed by atoms with E-state index in [0.717, 1.165) is 0 Å². The second-order valence-corrected chi connectivity index (χ2v) is 9.22. The summed E-state index contributed by atoms with van der Waals surface area (Å²) in [5.41, 5.74) is 0. The molecule has 2 rings (SSSR count). The van der Waals surface area contributed by atoms with E-state index >= 15 is 0 Å². The topological polar surface area (TPSA) is 90.9 Å². The number of hydrogen-bond donors (Lipinski definition) is 1. The second kappa shape index (κ2) is 7.77. The van der Waals surface area contributed by atoms with Crippen molar-refractivity contribution in [1.29, 1.82) is 0 Å². The van der Waals surface area contributed by atoms with Gasteiger partial charge in [0.25, 0.3) is 6.29 Å². The Bertz CT molecular complexity index is 551. The molecule has 0 aromatic rings. The van der Waals surface area contributed by atoms with Crippen LogP contribution in [0.5, 0.6) is 0 Å². The number of nitrogens with one attached hydrogen (secondary N) is 1. The molecule has 0 radical (unpaired) electrons. The van der Waals surface area contributed by atoms with Crippen molar-refractivity contribution in [1.82, 2.24) is 5.32 Å². The fourth-order valence-corrected chi connectivity index (χ4v) is 4.06. The molecule has 25 heavy (non-hydrogen) atoms. The van der Waals surface area contributed by atoms with Crippen LogP contribution in [0.15, 0.2) is 0 Å². The Kier molecular flexibility index (Phi) is 6.35. The number of ether oxygens (including phenoxy) is 3. The molecule has 0 amide bonds. The van der Waals surface area contributed by atoms with Gasteiger partial charge in [0.1, 0.15) is 3.42 Å².